The van der Waals surface area contributed by atoms with Crippen molar-refractivity contribution in [3.8, 4) is 0 Å². The minimum Gasteiger partial charge on any atom is -0.317 e. The highest BCUT2D eigenvalue weighted by atomic mass is 15.2. The lowest BCUT2D eigenvalue weighted by Gasteiger charge is -2.33. The van der Waals surface area contributed by atoms with Crippen LogP contribution in [0.2, 0.25) is 0 Å². The maximum atomic E-state index is 3.53. The van der Waals surface area contributed by atoms with Crippen molar-refractivity contribution < 1.29 is 0 Å². The van der Waals surface area contributed by atoms with Gasteiger partial charge in [-0.1, -0.05) is 12.8 Å². The Kier molecular flexibility index (Phi) is 2.92. The van der Waals surface area contributed by atoms with Gasteiger partial charge in [0.1, 0.15) is 0 Å². The van der Waals surface area contributed by atoms with E-state index in [-0.39, 0.29) is 0 Å². The zero-order valence-electron chi connectivity index (χ0n) is 11.7. The Morgan fingerprint density at radius 3 is 2.78 bits per heavy atom. The summed E-state index contributed by atoms with van der Waals surface area (Å²) in [7, 11) is 0. The Labute approximate surface area is 111 Å². The van der Waals surface area contributed by atoms with Crippen molar-refractivity contribution in [3.05, 3.63) is 0 Å². The summed E-state index contributed by atoms with van der Waals surface area (Å²) in [6.45, 7) is 5.42. The maximum Gasteiger partial charge on any atom is 0.0124 e. The number of nitrogens with zero attached hydrogens (tertiary/aromatic N) is 1. The molecule has 0 radical (unpaired) electrons. The van der Waals surface area contributed by atoms with Gasteiger partial charge in [0, 0.05) is 12.6 Å². The van der Waals surface area contributed by atoms with Gasteiger partial charge in [-0.05, 0) is 75.4 Å². The van der Waals surface area contributed by atoms with E-state index < -0.39 is 0 Å². The normalized spacial score (nSPS) is 43.0. The molecule has 2 nitrogen and oxygen atoms in total. The van der Waals surface area contributed by atoms with Crippen LogP contribution in [0, 0.1) is 17.3 Å². The summed E-state index contributed by atoms with van der Waals surface area (Å²) in [6.07, 6.45) is 12.0. The highest BCUT2D eigenvalue weighted by molar-refractivity contribution is 5.06. The molecule has 0 bridgehead atoms. The molecule has 2 aliphatic heterocycles. The molecule has 4 rings (SSSR count). The lowest BCUT2D eigenvalue weighted by molar-refractivity contribution is 0.164. The van der Waals surface area contributed by atoms with E-state index in [1.54, 1.807) is 6.42 Å². The van der Waals surface area contributed by atoms with Crippen molar-refractivity contribution in [2.75, 3.05) is 26.2 Å². The molecule has 3 unspecified atom stereocenters. The number of hydrogen-bond acceptors (Lipinski definition) is 2. The van der Waals surface area contributed by atoms with E-state index in [1.165, 1.54) is 71.1 Å². The molecule has 4 fully saturated rings. The van der Waals surface area contributed by atoms with E-state index in [0.717, 1.165) is 23.3 Å². The molecule has 2 saturated heterocycles. The molecule has 0 amide bonds. The molecule has 4 aliphatic rings. The summed E-state index contributed by atoms with van der Waals surface area (Å²) in [5, 5.41) is 3.53. The van der Waals surface area contributed by atoms with Crippen molar-refractivity contribution in [2.45, 2.75) is 57.4 Å². The van der Waals surface area contributed by atoms with Crippen LogP contribution in [0.5, 0.6) is 0 Å². The molecule has 2 heteroatoms. The molecule has 0 aromatic rings. The summed E-state index contributed by atoms with van der Waals surface area (Å²) in [5.41, 5.74) is 0.790. The van der Waals surface area contributed by atoms with Crippen LogP contribution in [-0.2, 0) is 0 Å². The van der Waals surface area contributed by atoms with Crippen LogP contribution in [0.3, 0.4) is 0 Å². The van der Waals surface area contributed by atoms with Crippen LogP contribution in [0.25, 0.3) is 0 Å². The van der Waals surface area contributed by atoms with Gasteiger partial charge in [0.15, 0.2) is 0 Å². The SMILES string of the molecule is C1CCC2C(C1)CCN2CC1CC12CCNCC2. The molecular weight excluding hydrogens is 220 g/mol. The van der Waals surface area contributed by atoms with Crippen molar-refractivity contribution in [1.82, 2.24) is 10.2 Å². The van der Waals surface area contributed by atoms with E-state index >= 15 is 0 Å². The standard InChI is InChI=1S/C16H28N2/c1-2-4-15-13(3-1)5-10-18(15)12-14-11-16(14)6-8-17-9-7-16/h13-15,17H,1-12H2. The minimum atomic E-state index is 0.790. The Morgan fingerprint density at radius 1 is 1.06 bits per heavy atom. The van der Waals surface area contributed by atoms with Crippen LogP contribution in [0.1, 0.15) is 51.4 Å². The second-order valence-electron chi connectivity index (χ2n) is 7.41. The second-order valence-corrected chi connectivity index (χ2v) is 7.41. The van der Waals surface area contributed by atoms with Gasteiger partial charge >= 0.3 is 0 Å². The lowest BCUT2D eigenvalue weighted by atomic mass is 9.85. The molecule has 2 heterocycles. The molecule has 102 valence electrons. The number of piperidine rings is 1. The fourth-order valence-electron chi connectivity index (χ4n) is 5.24. The number of rotatable bonds is 2. The molecule has 2 saturated carbocycles. The van der Waals surface area contributed by atoms with E-state index in [2.05, 4.69) is 10.2 Å². The van der Waals surface area contributed by atoms with Crippen LogP contribution in [0.4, 0.5) is 0 Å². The zero-order valence-corrected chi connectivity index (χ0v) is 11.7. The fraction of sp³-hybridized carbons (Fsp3) is 1.00. The smallest absolute Gasteiger partial charge is 0.0124 e. The monoisotopic (exact) mass is 248 g/mol. The van der Waals surface area contributed by atoms with Gasteiger partial charge < -0.3 is 5.32 Å². The highest BCUT2D eigenvalue weighted by Crippen LogP contribution is 2.59. The third kappa shape index (κ3) is 1.92. The molecule has 2 aliphatic carbocycles. The molecule has 1 spiro atoms. The molecular formula is C16H28N2. The third-order valence-corrected chi connectivity index (χ3v) is 6.54. The molecule has 0 aromatic carbocycles. The van der Waals surface area contributed by atoms with Gasteiger partial charge in [-0.2, -0.15) is 0 Å². The molecule has 1 N–H and O–H groups in total. The molecule has 18 heavy (non-hydrogen) atoms. The van der Waals surface area contributed by atoms with Crippen LogP contribution < -0.4 is 5.32 Å². The first-order chi connectivity index (χ1) is 8.87. The van der Waals surface area contributed by atoms with Crippen LogP contribution in [0.15, 0.2) is 0 Å². The van der Waals surface area contributed by atoms with E-state index in [9.17, 15) is 0 Å². The van der Waals surface area contributed by atoms with Gasteiger partial charge in [0.05, 0.1) is 0 Å². The third-order valence-electron chi connectivity index (χ3n) is 6.54. The average molecular weight is 248 g/mol. The van der Waals surface area contributed by atoms with E-state index in [4.69, 9.17) is 0 Å². The second kappa shape index (κ2) is 4.49. The summed E-state index contributed by atoms with van der Waals surface area (Å²) in [5.74, 6) is 2.13. The first kappa shape index (κ1) is 11.7. The minimum absolute atomic E-state index is 0.790. The first-order valence-corrected chi connectivity index (χ1v) is 8.32. The fourth-order valence-corrected chi connectivity index (χ4v) is 5.24. The van der Waals surface area contributed by atoms with Crippen molar-refractivity contribution in [2.24, 2.45) is 17.3 Å². The van der Waals surface area contributed by atoms with Gasteiger partial charge in [-0.3, -0.25) is 4.90 Å². The van der Waals surface area contributed by atoms with Crippen molar-refractivity contribution >= 4 is 0 Å². The molecule has 0 aromatic heterocycles. The maximum absolute atomic E-state index is 3.53. The predicted octanol–water partition coefficient (Wildman–Crippen LogP) is 2.64. The van der Waals surface area contributed by atoms with Gasteiger partial charge in [0.25, 0.3) is 0 Å². The first-order valence-electron chi connectivity index (χ1n) is 8.32. The zero-order chi connectivity index (χ0) is 12.0. The van der Waals surface area contributed by atoms with E-state index in [1.807, 2.05) is 0 Å². The number of hydrogen-bond donors (Lipinski definition) is 1. The largest absolute Gasteiger partial charge is 0.317 e. The number of nitrogens with one attached hydrogen (secondary N) is 1. The summed E-state index contributed by atoms with van der Waals surface area (Å²) in [6, 6.07) is 0.984. The number of likely N-dealkylation sites (tertiary alicyclic amines) is 1. The van der Waals surface area contributed by atoms with Gasteiger partial charge in [0.2, 0.25) is 0 Å². The topological polar surface area (TPSA) is 15.3 Å². The van der Waals surface area contributed by atoms with Gasteiger partial charge in [-0.25, -0.2) is 0 Å². The van der Waals surface area contributed by atoms with Crippen molar-refractivity contribution in [3.63, 3.8) is 0 Å². The molecule has 3 atom stereocenters. The lowest BCUT2D eigenvalue weighted by Crippen LogP contribution is -2.37. The average Bonchev–Trinajstić information content (AvgIpc) is 2.89. The van der Waals surface area contributed by atoms with Crippen LogP contribution >= 0.6 is 0 Å². The van der Waals surface area contributed by atoms with Crippen LogP contribution in [-0.4, -0.2) is 37.1 Å². The quantitative estimate of drug-likeness (QED) is 0.808. The Morgan fingerprint density at radius 2 is 1.89 bits per heavy atom. The van der Waals surface area contributed by atoms with Crippen molar-refractivity contribution in [1.29, 1.82) is 0 Å². The Bertz CT molecular complexity index is 308. The highest BCUT2D eigenvalue weighted by Gasteiger charge is 2.54. The summed E-state index contributed by atoms with van der Waals surface area (Å²) < 4.78 is 0. The summed E-state index contributed by atoms with van der Waals surface area (Å²) >= 11 is 0. The Balaban J connectivity index is 1.35. The van der Waals surface area contributed by atoms with E-state index in [0.29, 0.717) is 0 Å². The van der Waals surface area contributed by atoms with Gasteiger partial charge in [-0.15, -0.1) is 0 Å². The predicted molar refractivity (Wildman–Crippen MR) is 74.6 cm³/mol. The number of fused-ring (bicyclic) bond motifs is 1. The Hall–Kier alpha value is -0.0800. The summed E-state index contributed by atoms with van der Waals surface area (Å²) in [4.78, 5) is 2.89.